The van der Waals surface area contributed by atoms with Gasteiger partial charge >= 0.3 is 10.4 Å². The van der Waals surface area contributed by atoms with Crippen molar-refractivity contribution in [1.82, 2.24) is 0 Å². The fourth-order valence-electron chi connectivity index (χ4n) is 0.764. The Balaban J connectivity index is 2.51. The number of benzene rings is 1. The largest absolute Gasteiger partial charge is 0.408 e. The summed E-state index contributed by atoms with van der Waals surface area (Å²) in [4.78, 5) is 0. The quantitative estimate of drug-likeness (QED) is 0.660. The molecule has 1 N–H and O–H groups in total. The van der Waals surface area contributed by atoms with E-state index in [4.69, 9.17) is 16.2 Å². The van der Waals surface area contributed by atoms with Gasteiger partial charge in [-0.15, -0.1) is 0 Å². The van der Waals surface area contributed by atoms with Gasteiger partial charge in [0, 0.05) is 22.8 Å². The highest BCUT2D eigenvalue weighted by molar-refractivity contribution is 8.02. The summed E-state index contributed by atoms with van der Waals surface area (Å²) in [6, 6.07) is 6.96. The molecular formula is C7H7ClO4S2. The predicted octanol–water partition coefficient (Wildman–Crippen LogP) is 2.31. The summed E-state index contributed by atoms with van der Waals surface area (Å²) >= 11 is 6.40. The minimum absolute atomic E-state index is 0.249. The van der Waals surface area contributed by atoms with Crippen molar-refractivity contribution in [3.05, 3.63) is 34.9 Å². The molecule has 14 heavy (non-hydrogen) atoms. The van der Waals surface area contributed by atoms with Crippen molar-refractivity contribution in [3.63, 3.8) is 0 Å². The maximum absolute atomic E-state index is 10.2. The monoisotopic (exact) mass is 254 g/mol. The van der Waals surface area contributed by atoms with E-state index in [-0.39, 0.29) is 5.75 Å². The summed E-state index contributed by atoms with van der Waals surface area (Å²) < 4.78 is 32.7. The summed E-state index contributed by atoms with van der Waals surface area (Å²) in [5.74, 6) is 0.249. The molecule has 4 nitrogen and oxygen atoms in total. The summed E-state index contributed by atoms with van der Waals surface area (Å²) in [5, 5.41) is 0.527. The molecule has 0 amide bonds. The summed E-state index contributed by atoms with van der Waals surface area (Å²) in [7, 11) is -4.39. The van der Waals surface area contributed by atoms with Crippen LogP contribution in [0.2, 0.25) is 5.02 Å². The Labute approximate surface area is 91.4 Å². The smallest absolute Gasteiger partial charge is 0.263 e. The number of hydrogen-bond donors (Lipinski definition) is 1. The van der Waals surface area contributed by atoms with E-state index in [2.05, 4.69) is 3.63 Å². The SMILES string of the molecule is O=S(=O)(O)OSCc1ccccc1Cl. The first-order valence-corrected chi connectivity index (χ1v) is 6.16. The van der Waals surface area contributed by atoms with Crippen molar-refractivity contribution < 1.29 is 16.6 Å². The maximum Gasteiger partial charge on any atom is 0.408 e. The van der Waals surface area contributed by atoms with Gasteiger partial charge in [0.1, 0.15) is 0 Å². The average molecular weight is 255 g/mol. The number of hydrogen-bond acceptors (Lipinski definition) is 4. The Morgan fingerprint density at radius 3 is 2.64 bits per heavy atom. The molecule has 0 fully saturated rings. The lowest BCUT2D eigenvalue weighted by Gasteiger charge is -2.01. The van der Waals surface area contributed by atoms with E-state index in [1.165, 1.54) is 0 Å². The molecule has 1 rings (SSSR count). The van der Waals surface area contributed by atoms with E-state index in [1.807, 2.05) is 0 Å². The van der Waals surface area contributed by atoms with Gasteiger partial charge in [-0.1, -0.05) is 29.8 Å². The van der Waals surface area contributed by atoms with Gasteiger partial charge < -0.3 is 0 Å². The standard InChI is InChI=1S/C7H7ClO4S2/c8-7-4-2-1-3-6(7)5-13-12-14(9,10)11/h1-4H,5H2,(H,9,10,11). The minimum Gasteiger partial charge on any atom is -0.263 e. The zero-order valence-corrected chi connectivity index (χ0v) is 9.27. The number of rotatable bonds is 4. The second-order valence-corrected chi connectivity index (χ2v) is 4.68. The second-order valence-electron chi connectivity index (χ2n) is 2.35. The van der Waals surface area contributed by atoms with Gasteiger partial charge in [-0.05, 0) is 11.6 Å². The van der Waals surface area contributed by atoms with Crippen molar-refractivity contribution in [1.29, 1.82) is 0 Å². The predicted molar refractivity (Wildman–Crippen MR) is 55.4 cm³/mol. The van der Waals surface area contributed by atoms with Crippen LogP contribution in [0.15, 0.2) is 24.3 Å². The fourth-order valence-corrected chi connectivity index (χ4v) is 2.10. The molecule has 0 heterocycles. The summed E-state index contributed by atoms with van der Waals surface area (Å²) in [5.41, 5.74) is 0.739. The van der Waals surface area contributed by atoms with Crippen molar-refractivity contribution in [2.45, 2.75) is 5.75 Å². The first kappa shape index (κ1) is 11.8. The lowest BCUT2D eigenvalue weighted by molar-refractivity contribution is 0.407. The Morgan fingerprint density at radius 2 is 2.07 bits per heavy atom. The molecule has 0 aromatic heterocycles. The van der Waals surface area contributed by atoms with Crippen molar-refractivity contribution in [3.8, 4) is 0 Å². The molecule has 0 atom stereocenters. The molecule has 0 aliphatic rings. The van der Waals surface area contributed by atoms with E-state index in [1.54, 1.807) is 24.3 Å². The van der Waals surface area contributed by atoms with Crippen LogP contribution in [-0.4, -0.2) is 13.0 Å². The maximum atomic E-state index is 10.2. The lowest BCUT2D eigenvalue weighted by atomic mass is 10.2. The van der Waals surface area contributed by atoms with Crippen LogP contribution in [0.3, 0.4) is 0 Å². The lowest BCUT2D eigenvalue weighted by Crippen LogP contribution is -1.97. The van der Waals surface area contributed by atoms with Crippen molar-refractivity contribution in [2.24, 2.45) is 0 Å². The summed E-state index contributed by atoms with van der Waals surface area (Å²) in [6.45, 7) is 0. The molecule has 0 saturated carbocycles. The highest BCUT2D eigenvalue weighted by Gasteiger charge is 2.06. The average Bonchev–Trinajstić information content (AvgIpc) is 2.06. The third kappa shape index (κ3) is 4.30. The van der Waals surface area contributed by atoms with E-state index in [0.29, 0.717) is 17.1 Å². The topological polar surface area (TPSA) is 63.6 Å². The highest BCUT2D eigenvalue weighted by Crippen LogP contribution is 2.21. The molecule has 0 aliphatic heterocycles. The zero-order chi connectivity index (χ0) is 10.6. The van der Waals surface area contributed by atoms with Gasteiger partial charge in [0.05, 0.1) is 0 Å². The van der Waals surface area contributed by atoms with Gasteiger partial charge in [-0.25, -0.2) is 0 Å². The third-order valence-corrected chi connectivity index (χ3v) is 3.18. The van der Waals surface area contributed by atoms with E-state index in [9.17, 15) is 8.42 Å². The zero-order valence-electron chi connectivity index (χ0n) is 6.88. The van der Waals surface area contributed by atoms with Crippen LogP contribution < -0.4 is 0 Å². The Kier molecular flexibility index (Phi) is 4.21. The molecule has 1 aromatic carbocycles. The molecular weight excluding hydrogens is 248 g/mol. The van der Waals surface area contributed by atoms with Crippen LogP contribution in [0.4, 0.5) is 0 Å². The van der Waals surface area contributed by atoms with Gasteiger partial charge in [0.2, 0.25) is 0 Å². The van der Waals surface area contributed by atoms with Crippen LogP contribution in [0.5, 0.6) is 0 Å². The van der Waals surface area contributed by atoms with E-state index < -0.39 is 10.4 Å². The Bertz CT molecular complexity index is 404. The molecule has 7 heteroatoms. The van der Waals surface area contributed by atoms with Gasteiger partial charge in [0.15, 0.2) is 0 Å². The molecule has 0 bridgehead atoms. The third-order valence-electron chi connectivity index (χ3n) is 1.31. The Morgan fingerprint density at radius 1 is 1.43 bits per heavy atom. The van der Waals surface area contributed by atoms with E-state index in [0.717, 1.165) is 5.56 Å². The van der Waals surface area contributed by atoms with Crippen LogP contribution in [0.1, 0.15) is 5.56 Å². The molecule has 1 aromatic rings. The fraction of sp³-hybridized carbons (Fsp3) is 0.143. The molecule has 0 aliphatic carbocycles. The van der Waals surface area contributed by atoms with Crippen LogP contribution >= 0.6 is 23.6 Å². The Hall–Kier alpha value is -0.270. The first-order valence-electron chi connectivity index (χ1n) is 3.51. The van der Waals surface area contributed by atoms with E-state index >= 15 is 0 Å². The molecule has 0 saturated heterocycles. The molecule has 0 spiro atoms. The summed E-state index contributed by atoms with van der Waals surface area (Å²) in [6.07, 6.45) is 0. The van der Waals surface area contributed by atoms with Crippen LogP contribution in [-0.2, 0) is 19.8 Å². The normalized spacial score (nSPS) is 11.6. The molecule has 0 radical (unpaired) electrons. The molecule has 78 valence electrons. The number of halogens is 1. The molecule has 0 unspecified atom stereocenters. The first-order chi connectivity index (χ1) is 6.49. The second kappa shape index (κ2) is 4.99. The van der Waals surface area contributed by atoms with Gasteiger partial charge in [0.25, 0.3) is 0 Å². The highest BCUT2D eigenvalue weighted by atomic mass is 35.5. The van der Waals surface area contributed by atoms with Crippen LogP contribution in [0.25, 0.3) is 0 Å². The van der Waals surface area contributed by atoms with Gasteiger partial charge in [-0.2, -0.15) is 12.0 Å². The van der Waals surface area contributed by atoms with Crippen molar-refractivity contribution in [2.75, 3.05) is 0 Å². The van der Waals surface area contributed by atoms with Crippen LogP contribution in [0, 0.1) is 0 Å². The van der Waals surface area contributed by atoms with Gasteiger partial charge in [-0.3, -0.25) is 4.55 Å². The minimum atomic E-state index is -4.39. The van der Waals surface area contributed by atoms with Crippen molar-refractivity contribution >= 4 is 34.0 Å².